The molecule has 194 valence electrons. The average Bonchev–Trinajstić information content (AvgIpc) is 3.38. The lowest BCUT2D eigenvalue weighted by Crippen LogP contribution is -2.40. The van der Waals surface area contributed by atoms with Crippen molar-refractivity contribution in [3.05, 3.63) is 12.2 Å². The van der Waals surface area contributed by atoms with Crippen molar-refractivity contribution in [3.63, 3.8) is 0 Å². The Labute approximate surface area is 208 Å². The maximum absolute atomic E-state index is 11.9. The lowest BCUT2D eigenvalue weighted by molar-refractivity contribution is -0.166. The van der Waals surface area contributed by atoms with Crippen LogP contribution in [0.3, 0.4) is 0 Å². The van der Waals surface area contributed by atoms with E-state index in [1.807, 2.05) is 6.07 Å². The smallest absolute Gasteiger partial charge is 0.303 e. The molecule has 0 saturated carbocycles. The third-order valence-corrected chi connectivity index (χ3v) is 5.46. The summed E-state index contributed by atoms with van der Waals surface area (Å²) in [7, 11) is 0. The first-order valence-electron chi connectivity index (χ1n) is 11.8. The SMILES string of the molecule is CCCCCCNc1nc(C#N)nc2c1ncn2[C@@H]1O[C@@H](COC(C)=O)[C@@H](OC(C)=O)[C@H]1OC(C)=O. The van der Waals surface area contributed by atoms with Crippen molar-refractivity contribution in [2.45, 2.75) is 77.9 Å². The van der Waals surface area contributed by atoms with E-state index in [0.29, 0.717) is 17.9 Å². The van der Waals surface area contributed by atoms with Crippen LogP contribution in [0.15, 0.2) is 6.33 Å². The number of nitrogens with zero attached hydrogens (tertiary/aromatic N) is 5. The van der Waals surface area contributed by atoms with Crippen LogP contribution in [0, 0.1) is 11.3 Å². The summed E-state index contributed by atoms with van der Waals surface area (Å²) in [5.41, 5.74) is 0.650. The Kier molecular flexibility index (Phi) is 9.13. The van der Waals surface area contributed by atoms with Crippen molar-refractivity contribution in [3.8, 4) is 6.07 Å². The third kappa shape index (κ3) is 6.45. The fraction of sp³-hybridized carbons (Fsp3) is 0.609. The first kappa shape index (κ1) is 26.8. The number of ether oxygens (including phenoxy) is 4. The van der Waals surface area contributed by atoms with Crippen LogP contribution in [0.25, 0.3) is 11.2 Å². The second-order valence-electron chi connectivity index (χ2n) is 8.33. The van der Waals surface area contributed by atoms with E-state index in [1.165, 1.54) is 31.7 Å². The van der Waals surface area contributed by atoms with Crippen LogP contribution in [0.2, 0.25) is 0 Å². The summed E-state index contributed by atoms with van der Waals surface area (Å²) in [4.78, 5) is 48.1. The molecular formula is C23H30N6O7. The van der Waals surface area contributed by atoms with Crippen molar-refractivity contribution < 1.29 is 33.3 Å². The summed E-state index contributed by atoms with van der Waals surface area (Å²) in [6, 6.07) is 1.94. The maximum Gasteiger partial charge on any atom is 0.303 e. The number of esters is 3. The molecule has 0 aliphatic carbocycles. The predicted octanol–water partition coefficient (Wildman–Crippen LogP) is 2.01. The zero-order chi connectivity index (χ0) is 26.2. The highest BCUT2D eigenvalue weighted by Gasteiger charge is 2.51. The standard InChI is InChI=1S/C23H30N6O7/c1-5-6-7-8-9-25-21-18-22(28-17(10-24)27-21)29(12-26-18)23-20(35-15(4)32)19(34-14(3)31)16(36-23)11-33-13(2)30/h12,16,19-20,23H,5-9,11H2,1-4H3,(H,25,27,28)/t16-,19+,20+,23+/m0/s1. The fourth-order valence-corrected chi connectivity index (χ4v) is 3.95. The van der Waals surface area contributed by atoms with Crippen LogP contribution in [0.5, 0.6) is 0 Å². The molecule has 2 aromatic rings. The molecule has 2 aromatic heterocycles. The maximum atomic E-state index is 11.9. The zero-order valence-electron chi connectivity index (χ0n) is 20.7. The van der Waals surface area contributed by atoms with Crippen molar-refractivity contribution in [1.82, 2.24) is 19.5 Å². The molecule has 0 radical (unpaired) electrons. The Bertz CT molecular complexity index is 1140. The van der Waals surface area contributed by atoms with Crippen molar-refractivity contribution >= 4 is 34.9 Å². The van der Waals surface area contributed by atoms with Crippen LogP contribution in [0.1, 0.15) is 65.4 Å². The number of carbonyl (C=O) groups excluding carboxylic acids is 3. The van der Waals surface area contributed by atoms with Gasteiger partial charge in [-0.1, -0.05) is 26.2 Å². The van der Waals surface area contributed by atoms with E-state index in [2.05, 4.69) is 27.2 Å². The fourth-order valence-electron chi connectivity index (χ4n) is 3.95. The molecule has 1 saturated heterocycles. The van der Waals surface area contributed by atoms with E-state index < -0.39 is 42.4 Å². The Balaban J connectivity index is 1.99. The van der Waals surface area contributed by atoms with E-state index >= 15 is 0 Å². The number of nitriles is 1. The molecule has 0 aromatic carbocycles. The minimum absolute atomic E-state index is 0.0876. The lowest BCUT2D eigenvalue weighted by atomic mass is 10.1. The van der Waals surface area contributed by atoms with Gasteiger partial charge in [-0.05, 0) is 6.42 Å². The summed E-state index contributed by atoms with van der Waals surface area (Å²) in [6.07, 6.45) is 1.48. The first-order chi connectivity index (χ1) is 17.2. The van der Waals surface area contributed by atoms with Gasteiger partial charge in [-0.2, -0.15) is 15.2 Å². The van der Waals surface area contributed by atoms with Gasteiger partial charge in [-0.3, -0.25) is 19.0 Å². The molecule has 36 heavy (non-hydrogen) atoms. The molecule has 0 spiro atoms. The number of hydrogen-bond donors (Lipinski definition) is 1. The molecule has 4 atom stereocenters. The van der Waals surface area contributed by atoms with Crippen LogP contribution < -0.4 is 5.32 Å². The predicted molar refractivity (Wildman–Crippen MR) is 124 cm³/mol. The Morgan fingerprint density at radius 3 is 2.44 bits per heavy atom. The monoisotopic (exact) mass is 502 g/mol. The molecular weight excluding hydrogens is 472 g/mol. The third-order valence-electron chi connectivity index (χ3n) is 5.46. The summed E-state index contributed by atoms with van der Waals surface area (Å²) >= 11 is 0. The Hall–Kier alpha value is -3.79. The molecule has 3 rings (SSSR count). The molecule has 1 N–H and O–H groups in total. The number of anilines is 1. The van der Waals surface area contributed by atoms with Gasteiger partial charge in [0.2, 0.25) is 5.82 Å². The topological polar surface area (TPSA) is 168 Å². The van der Waals surface area contributed by atoms with Gasteiger partial charge >= 0.3 is 17.9 Å². The molecule has 0 amide bonds. The summed E-state index contributed by atoms with van der Waals surface area (Å²) in [5.74, 6) is -1.52. The molecule has 3 heterocycles. The van der Waals surface area contributed by atoms with E-state index in [-0.39, 0.29) is 18.1 Å². The largest absolute Gasteiger partial charge is 0.463 e. The lowest BCUT2D eigenvalue weighted by Gasteiger charge is -2.23. The second-order valence-corrected chi connectivity index (χ2v) is 8.33. The summed E-state index contributed by atoms with van der Waals surface area (Å²) < 4.78 is 23.5. The number of rotatable bonds is 11. The normalized spacial score (nSPS) is 21.1. The van der Waals surface area contributed by atoms with Gasteiger partial charge in [-0.25, -0.2) is 4.98 Å². The molecule has 1 fully saturated rings. The highest BCUT2D eigenvalue weighted by molar-refractivity contribution is 5.83. The number of imidazole rings is 1. The minimum Gasteiger partial charge on any atom is -0.463 e. The van der Waals surface area contributed by atoms with Crippen molar-refractivity contribution in [2.75, 3.05) is 18.5 Å². The molecule has 0 unspecified atom stereocenters. The first-order valence-corrected chi connectivity index (χ1v) is 11.8. The number of carbonyl (C=O) groups is 3. The molecule has 13 nitrogen and oxygen atoms in total. The van der Waals surface area contributed by atoms with E-state index in [1.54, 1.807) is 0 Å². The average molecular weight is 503 g/mol. The number of aromatic nitrogens is 4. The number of unbranched alkanes of at least 4 members (excludes halogenated alkanes) is 3. The summed E-state index contributed by atoms with van der Waals surface area (Å²) in [6.45, 7) is 6.18. The van der Waals surface area contributed by atoms with Gasteiger partial charge in [0.15, 0.2) is 35.4 Å². The molecule has 1 aliphatic rings. The second kappa shape index (κ2) is 12.3. The minimum atomic E-state index is -1.10. The van der Waals surface area contributed by atoms with Crippen LogP contribution in [0.4, 0.5) is 5.82 Å². The quantitative estimate of drug-likeness (QED) is 0.270. The Morgan fingerprint density at radius 1 is 1.08 bits per heavy atom. The highest BCUT2D eigenvalue weighted by Crippen LogP contribution is 2.36. The Morgan fingerprint density at radius 2 is 1.81 bits per heavy atom. The van der Waals surface area contributed by atoms with Crippen LogP contribution in [-0.2, 0) is 33.3 Å². The van der Waals surface area contributed by atoms with Gasteiger partial charge in [-0.15, -0.1) is 0 Å². The van der Waals surface area contributed by atoms with Crippen LogP contribution in [-0.4, -0.2) is 68.9 Å². The van der Waals surface area contributed by atoms with E-state index in [9.17, 15) is 19.6 Å². The molecule has 1 aliphatic heterocycles. The van der Waals surface area contributed by atoms with Crippen molar-refractivity contribution in [1.29, 1.82) is 5.26 Å². The number of nitrogens with one attached hydrogen (secondary N) is 1. The number of fused-ring (bicyclic) bond motifs is 1. The highest BCUT2D eigenvalue weighted by atomic mass is 16.7. The van der Waals surface area contributed by atoms with E-state index in [4.69, 9.17) is 18.9 Å². The molecule has 13 heteroatoms. The van der Waals surface area contributed by atoms with Crippen LogP contribution >= 0.6 is 0 Å². The summed E-state index contributed by atoms with van der Waals surface area (Å²) in [5, 5.41) is 12.7. The zero-order valence-corrected chi connectivity index (χ0v) is 20.7. The van der Waals surface area contributed by atoms with Gasteiger partial charge in [0, 0.05) is 27.3 Å². The molecule has 0 bridgehead atoms. The number of hydrogen-bond acceptors (Lipinski definition) is 12. The van der Waals surface area contributed by atoms with Gasteiger partial charge in [0.1, 0.15) is 18.8 Å². The van der Waals surface area contributed by atoms with Gasteiger partial charge in [0.25, 0.3) is 0 Å². The van der Waals surface area contributed by atoms with E-state index in [0.717, 1.165) is 25.7 Å². The van der Waals surface area contributed by atoms with Crippen molar-refractivity contribution in [2.24, 2.45) is 0 Å². The van der Waals surface area contributed by atoms with Gasteiger partial charge < -0.3 is 24.3 Å². The van der Waals surface area contributed by atoms with Gasteiger partial charge in [0.05, 0.1) is 6.33 Å².